The molecule has 466 valence electrons. The summed E-state index contributed by atoms with van der Waals surface area (Å²) in [6.45, 7) is 6.50. The maximum atomic E-state index is 12.9. The van der Waals surface area contributed by atoms with Gasteiger partial charge < -0.3 is 14.2 Å². The number of hydrogen-bond donors (Lipinski definition) is 0. The van der Waals surface area contributed by atoms with Gasteiger partial charge in [0.25, 0.3) is 0 Å². The number of unbranched alkanes of at least 4 members (excludes halogenated alkanes) is 28. The molecule has 0 aliphatic rings. The molecule has 6 heteroatoms. The predicted octanol–water partition coefficient (Wildman–Crippen LogP) is 23.7. The fourth-order valence-electron chi connectivity index (χ4n) is 9.25. The molecule has 1 unspecified atom stereocenters. The third kappa shape index (κ3) is 66.4. The SMILES string of the molecule is CC/C=C\C/C=C\C/C=C\C/C=C\C/C=C\C/C=C\C/C=C\CCCCCCCC(=O)OCC(COC(=O)CCCCCCC/C=C\CCCCCCCCC)OC(=O)CCCCCCCC/C=C\C/C=C\C/C=C\CCCCCCC. The van der Waals surface area contributed by atoms with Crippen molar-refractivity contribution in [1.82, 2.24) is 0 Å². The molecule has 0 amide bonds. The molecule has 0 aliphatic heterocycles. The lowest BCUT2D eigenvalue weighted by Gasteiger charge is -2.18. The average Bonchev–Trinajstić information content (AvgIpc) is 3.47. The van der Waals surface area contributed by atoms with Crippen molar-refractivity contribution in [3.8, 4) is 0 Å². The van der Waals surface area contributed by atoms with Gasteiger partial charge in [-0.05, 0) is 141 Å². The van der Waals surface area contributed by atoms with E-state index in [0.29, 0.717) is 19.3 Å². The van der Waals surface area contributed by atoms with Crippen molar-refractivity contribution in [2.24, 2.45) is 0 Å². The average molecular weight is 1140 g/mol. The molecule has 0 rings (SSSR count). The van der Waals surface area contributed by atoms with E-state index in [9.17, 15) is 14.4 Å². The third-order valence-electron chi connectivity index (χ3n) is 14.4. The van der Waals surface area contributed by atoms with Gasteiger partial charge in [-0.25, -0.2) is 0 Å². The number of ether oxygens (including phenoxy) is 3. The molecule has 0 spiro atoms. The second kappa shape index (κ2) is 69.0. The Labute approximate surface area is 506 Å². The standard InChI is InChI=1S/C76H126O6/c1-4-7-10-13-16-19-22-25-28-31-33-35-36-37-38-39-40-42-43-45-48-51-54-57-60-63-66-69-75(78)81-72-73(71-80-74(77)68-65-62-59-56-53-50-47-30-27-24-21-18-15-12-9-6-3)82-76(79)70-67-64-61-58-55-52-49-46-44-41-34-32-29-26-23-20-17-14-11-8-5-2/h7,10,16,19,23,25-26,28,30,32-35,37-38,40,42,44-48,73H,4-6,8-9,11-15,17-18,20-22,24,27,29,31,36,39,41,43,49-72H2,1-3H3/b10-7-,19-16-,26-23-,28-25-,34-32-,35-33-,38-37-,42-40-,46-44-,47-30-,48-45-. The summed E-state index contributed by atoms with van der Waals surface area (Å²) in [5, 5.41) is 0. The van der Waals surface area contributed by atoms with Crippen molar-refractivity contribution >= 4 is 17.9 Å². The molecule has 0 N–H and O–H groups in total. The molecule has 0 saturated carbocycles. The van der Waals surface area contributed by atoms with Crippen molar-refractivity contribution < 1.29 is 28.6 Å². The molecule has 0 heterocycles. The normalized spacial score (nSPS) is 13.0. The lowest BCUT2D eigenvalue weighted by atomic mass is 10.1. The van der Waals surface area contributed by atoms with Gasteiger partial charge in [0, 0.05) is 19.3 Å². The summed E-state index contributed by atoms with van der Waals surface area (Å²) in [6, 6.07) is 0. The van der Waals surface area contributed by atoms with E-state index in [-0.39, 0.29) is 31.1 Å². The lowest BCUT2D eigenvalue weighted by molar-refractivity contribution is -0.167. The molecule has 0 saturated heterocycles. The first-order chi connectivity index (χ1) is 40.5. The summed E-state index contributed by atoms with van der Waals surface area (Å²) in [6.07, 6.45) is 97.4. The second-order valence-corrected chi connectivity index (χ2v) is 22.3. The minimum absolute atomic E-state index is 0.0970. The Balaban J connectivity index is 4.46. The van der Waals surface area contributed by atoms with Crippen LogP contribution in [0.15, 0.2) is 134 Å². The summed E-state index contributed by atoms with van der Waals surface area (Å²) < 4.78 is 16.9. The van der Waals surface area contributed by atoms with E-state index in [0.717, 1.165) is 154 Å². The van der Waals surface area contributed by atoms with Gasteiger partial charge in [-0.1, -0.05) is 283 Å². The van der Waals surface area contributed by atoms with E-state index in [4.69, 9.17) is 14.2 Å². The summed E-state index contributed by atoms with van der Waals surface area (Å²) in [7, 11) is 0. The quantitative estimate of drug-likeness (QED) is 0.0261. The van der Waals surface area contributed by atoms with E-state index >= 15 is 0 Å². The van der Waals surface area contributed by atoms with Gasteiger partial charge in [-0.2, -0.15) is 0 Å². The van der Waals surface area contributed by atoms with Crippen LogP contribution in [0.4, 0.5) is 0 Å². The number of carbonyl (C=O) groups excluding carboxylic acids is 3. The van der Waals surface area contributed by atoms with Crippen LogP contribution in [0.25, 0.3) is 0 Å². The molecule has 0 fully saturated rings. The van der Waals surface area contributed by atoms with Gasteiger partial charge in [0.1, 0.15) is 13.2 Å². The molecule has 1 atom stereocenters. The van der Waals surface area contributed by atoms with Crippen molar-refractivity contribution in [1.29, 1.82) is 0 Å². The zero-order chi connectivity index (χ0) is 59.2. The summed E-state index contributed by atoms with van der Waals surface area (Å²) in [5.74, 6) is -0.931. The molecule has 0 bridgehead atoms. The second-order valence-electron chi connectivity index (χ2n) is 22.3. The fourth-order valence-corrected chi connectivity index (χ4v) is 9.25. The van der Waals surface area contributed by atoms with Gasteiger partial charge >= 0.3 is 17.9 Å². The van der Waals surface area contributed by atoms with Crippen molar-refractivity contribution in [3.63, 3.8) is 0 Å². The molecular weight excluding hydrogens is 1010 g/mol. The van der Waals surface area contributed by atoms with Crippen molar-refractivity contribution in [2.45, 2.75) is 316 Å². The van der Waals surface area contributed by atoms with Crippen LogP contribution in [-0.2, 0) is 28.6 Å². The van der Waals surface area contributed by atoms with Crippen LogP contribution < -0.4 is 0 Å². The van der Waals surface area contributed by atoms with Gasteiger partial charge in [0.2, 0.25) is 0 Å². The highest BCUT2D eigenvalue weighted by Crippen LogP contribution is 2.15. The maximum Gasteiger partial charge on any atom is 0.306 e. The first kappa shape index (κ1) is 77.5. The van der Waals surface area contributed by atoms with Crippen LogP contribution in [0.1, 0.15) is 310 Å². The molecule has 6 nitrogen and oxygen atoms in total. The van der Waals surface area contributed by atoms with Gasteiger partial charge in [-0.3, -0.25) is 14.4 Å². The summed E-state index contributed by atoms with van der Waals surface area (Å²) in [5.41, 5.74) is 0. The van der Waals surface area contributed by atoms with Crippen LogP contribution in [0.3, 0.4) is 0 Å². The topological polar surface area (TPSA) is 78.9 Å². The maximum absolute atomic E-state index is 12.9. The number of esters is 3. The molecule has 0 aromatic carbocycles. The third-order valence-corrected chi connectivity index (χ3v) is 14.4. The highest BCUT2D eigenvalue weighted by Gasteiger charge is 2.19. The zero-order valence-corrected chi connectivity index (χ0v) is 53.5. The highest BCUT2D eigenvalue weighted by atomic mass is 16.6. The van der Waals surface area contributed by atoms with Gasteiger partial charge in [0.05, 0.1) is 0 Å². The number of rotatable bonds is 61. The van der Waals surface area contributed by atoms with Crippen LogP contribution in [0, 0.1) is 0 Å². The number of carbonyl (C=O) groups is 3. The molecule has 0 aliphatic carbocycles. The first-order valence-corrected chi connectivity index (χ1v) is 34.2. The lowest BCUT2D eigenvalue weighted by Crippen LogP contribution is -2.30. The molecule has 0 aromatic heterocycles. The Morgan fingerprint density at radius 1 is 0.256 bits per heavy atom. The minimum atomic E-state index is -0.804. The van der Waals surface area contributed by atoms with Crippen LogP contribution in [0.2, 0.25) is 0 Å². The Hall–Kier alpha value is -4.45. The smallest absolute Gasteiger partial charge is 0.306 e. The molecule has 0 aromatic rings. The number of allylic oxidation sites excluding steroid dienone is 22. The summed E-state index contributed by atoms with van der Waals surface area (Å²) >= 11 is 0. The summed E-state index contributed by atoms with van der Waals surface area (Å²) in [4.78, 5) is 38.4. The molecule has 0 radical (unpaired) electrons. The van der Waals surface area contributed by atoms with Crippen molar-refractivity contribution in [3.05, 3.63) is 134 Å². The first-order valence-electron chi connectivity index (χ1n) is 34.2. The Morgan fingerprint density at radius 2 is 0.476 bits per heavy atom. The fraction of sp³-hybridized carbons (Fsp3) is 0.671. The van der Waals surface area contributed by atoms with E-state index < -0.39 is 6.10 Å². The number of hydrogen-bond acceptors (Lipinski definition) is 6. The monoisotopic (exact) mass is 1130 g/mol. The Bertz CT molecular complexity index is 1730. The van der Waals surface area contributed by atoms with Crippen molar-refractivity contribution in [2.75, 3.05) is 13.2 Å². The Kier molecular flexibility index (Phi) is 65.3. The highest BCUT2D eigenvalue weighted by molar-refractivity contribution is 5.71. The molecular formula is C76H126O6. The van der Waals surface area contributed by atoms with Crippen LogP contribution >= 0.6 is 0 Å². The largest absolute Gasteiger partial charge is 0.462 e. The van der Waals surface area contributed by atoms with Gasteiger partial charge in [0.15, 0.2) is 6.10 Å². The van der Waals surface area contributed by atoms with E-state index in [1.807, 2.05) is 0 Å². The Morgan fingerprint density at radius 3 is 0.756 bits per heavy atom. The van der Waals surface area contributed by atoms with E-state index in [2.05, 4.69) is 154 Å². The van der Waals surface area contributed by atoms with Gasteiger partial charge in [-0.15, -0.1) is 0 Å². The van der Waals surface area contributed by atoms with E-state index in [1.165, 1.54) is 116 Å². The predicted molar refractivity (Wildman–Crippen MR) is 357 cm³/mol. The van der Waals surface area contributed by atoms with Crippen LogP contribution in [0.5, 0.6) is 0 Å². The van der Waals surface area contributed by atoms with Crippen LogP contribution in [-0.4, -0.2) is 37.2 Å². The van der Waals surface area contributed by atoms with E-state index in [1.54, 1.807) is 0 Å². The minimum Gasteiger partial charge on any atom is -0.462 e. The molecule has 82 heavy (non-hydrogen) atoms. The zero-order valence-electron chi connectivity index (χ0n) is 53.5.